The van der Waals surface area contributed by atoms with E-state index in [9.17, 15) is 0 Å². The van der Waals surface area contributed by atoms with Crippen molar-refractivity contribution in [2.45, 2.75) is 26.4 Å². The Balaban J connectivity index is 2.01. The zero-order valence-corrected chi connectivity index (χ0v) is 12.8. The molecule has 3 N–H and O–H groups in total. The average molecular weight is 303 g/mol. The maximum atomic E-state index is 7.38. The Hall–Kier alpha value is -2.00. The van der Waals surface area contributed by atoms with Crippen LogP contribution in [0.2, 0.25) is 5.02 Å². The van der Waals surface area contributed by atoms with E-state index >= 15 is 0 Å². The summed E-state index contributed by atoms with van der Waals surface area (Å²) in [6, 6.07) is 13.4. The van der Waals surface area contributed by atoms with Gasteiger partial charge in [0, 0.05) is 16.1 Å². The Bertz CT molecular complexity index is 623. The number of ether oxygens (including phenoxy) is 1. The molecule has 0 aliphatic heterocycles. The first-order valence-electron chi connectivity index (χ1n) is 6.94. The molecule has 0 heterocycles. The summed E-state index contributed by atoms with van der Waals surface area (Å²) in [6.45, 7) is 2.56. The smallest absolute Gasteiger partial charge is 0.122 e. The Kier molecular flexibility index (Phi) is 5.23. The molecule has 0 saturated carbocycles. The molecule has 0 spiro atoms. The molecule has 21 heavy (non-hydrogen) atoms. The Morgan fingerprint density at radius 1 is 1.19 bits per heavy atom. The topological polar surface area (TPSA) is 59.1 Å². The lowest BCUT2D eigenvalue weighted by atomic mass is 10.1. The quantitative estimate of drug-likeness (QED) is 0.622. The largest absolute Gasteiger partial charge is 0.489 e. The van der Waals surface area contributed by atoms with Crippen LogP contribution >= 0.6 is 11.6 Å². The third-order valence-corrected chi connectivity index (χ3v) is 3.57. The third-order valence-electron chi connectivity index (χ3n) is 3.22. The second-order valence-electron chi connectivity index (χ2n) is 4.90. The summed E-state index contributed by atoms with van der Waals surface area (Å²) in [7, 11) is 0. The lowest BCUT2D eigenvalue weighted by molar-refractivity contribution is 0.306. The Labute approximate surface area is 130 Å². The molecule has 0 bridgehead atoms. The second kappa shape index (κ2) is 7.14. The maximum Gasteiger partial charge on any atom is 0.122 e. The molecule has 0 aliphatic rings. The standard InChI is InChI=1S/C17H19ClN2O/c1-2-3-12-4-8-15(9-5-12)21-11-14-7-6-13(17(19)20)10-16(14)18/h4-10H,2-3,11H2,1H3,(H3,19,20). The maximum absolute atomic E-state index is 7.38. The van der Waals surface area contributed by atoms with E-state index in [0.717, 1.165) is 24.2 Å². The van der Waals surface area contributed by atoms with Crippen molar-refractivity contribution >= 4 is 17.4 Å². The van der Waals surface area contributed by atoms with Gasteiger partial charge >= 0.3 is 0 Å². The van der Waals surface area contributed by atoms with Gasteiger partial charge in [-0.3, -0.25) is 5.41 Å². The van der Waals surface area contributed by atoms with Gasteiger partial charge in [-0.25, -0.2) is 0 Å². The van der Waals surface area contributed by atoms with Crippen LogP contribution in [0.3, 0.4) is 0 Å². The number of nitrogen functional groups attached to an aromatic ring is 1. The minimum atomic E-state index is 0.0101. The molecular weight excluding hydrogens is 284 g/mol. The molecule has 110 valence electrons. The van der Waals surface area contributed by atoms with Crippen molar-refractivity contribution in [1.29, 1.82) is 5.41 Å². The molecule has 0 fully saturated rings. The SMILES string of the molecule is CCCc1ccc(OCc2ccc(C(=N)N)cc2Cl)cc1. The predicted molar refractivity (Wildman–Crippen MR) is 87.2 cm³/mol. The van der Waals surface area contributed by atoms with E-state index in [0.29, 0.717) is 17.2 Å². The van der Waals surface area contributed by atoms with Gasteiger partial charge in [0.15, 0.2) is 0 Å². The predicted octanol–water partition coefficient (Wildman–Crippen LogP) is 4.16. The number of amidine groups is 1. The van der Waals surface area contributed by atoms with Crippen LogP contribution in [0.25, 0.3) is 0 Å². The molecule has 0 aromatic heterocycles. The molecule has 2 rings (SSSR count). The van der Waals surface area contributed by atoms with Gasteiger partial charge in [0.25, 0.3) is 0 Å². The van der Waals surface area contributed by atoms with Crippen molar-refractivity contribution < 1.29 is 4.74 Å². The normalized spacial score (nSPS) is 10.4. The molecule has 2 aromatic rings. The fourth-order valence-electron chi connectivity index (χ4n) is 2.03. The van der Waals surface area contributed by atoms with E-state index in [1.54, 1.807) is 12.1 Å². The molecule has 0 unspecified atom stereocenters. The summed E-state index contributed by atoms with van der Waals surface area (Å²) in [5.74, 6) is 0.831. The zero-order chi connectivity index (χ0) is 15.2. The van der Waals surface area contributed by atoms with E-state index in [1.807, 2.05) is 18.2 Å². The highest BCUT2D eigenvalue weighted by atomic mass is 35.5. The number of nitrogens with one attached hydrogen (secondary N) is 1. The number of rotatable bonds is 6. The van der Waals surface area contributed by atoms with Gasteiger partial charge in [-0.1, -0.05) is 49.2 Å². The molecule has 3 nitrogen and oxygen atoms in total. The number of hydrogen-bond acceptors (Lipinski definition) is 2. The van der Waals surface area contributed by atoms with E-state index < -0.39 is 0 Å². The van der Waals surface area contributed by atoms with Crippen LogP contribution in [0.4, 0.5) is 0 Å². The van der Waals surface area contributed by atoms with Crippen molar-refractivity contribution in [1.82, 2.24) is 0 Å². The van der Waals surface area contributed by atoms with Gasteiger partial charge in [0.05, 0.1) is 0 Å². The third kappa shape index (κ3) is 4.23. The van der Waals surface area contributed by atoms with E-state index in [4.69, 9.17) is 27.5 Å². The van der Waals surface area contributed by atoms with Crippen LogP contribution in [0.5, 0.6) is 5.75 Å². The summed E-state index contributed by atoms with van der Waals surface area (Å²) >= 11 is 6.17. The summed E-state index contributed by atoms with van der Waals surface area (Å²) < 4.78 is 5.74. The lowest BCUT2D eigenvalue weighted by Crippen LogP contribution is -2.11. The van der Waals surface area contributed by atoms with Crippen LogP contribution in [0, 0.1) is 5.41 Å². The number of nitrogens with two attached hydrogens (primary N) is 1. The van der Waals surface area contributed by atoms with Gasteiger partial charge in [-0.2, -0.15) is 0 Å². The van der Waals surface area contributed by atoms with Crippen LogP contribution in [0.15, 0.2) is 42.5 Å². The monoisotopic (exact) mass is 302 g/mol. The molecule has 0 amide bonds. The van der Waals surface area contributed by atoms with Gasteiger partial charge in [0.1, 0.15) is 18.2 Å². The van der Waals surface area contributed by atoms with Crippen LogP contribution in [0.1, 0.15) is 30.0 Å². The highest BCUT2D eigenvalue weighted by Gasteiger charge is 2.05. The van der Waals surface area contributed by atoms with Gasteiger partial charge in [-0.15, -0.1) is 0 Å². The van der Waals surface area contributed by atoms with E-state index in [1.165, 1.54) is 5.56 Å². The van der Waals surface area contributed by atoms with Gasteiger partial charge in [-0.05, 0) is 30.2 Å². The molecule has 0 saturated heterocycles. The van der Waals surface area contributed by atoms with E-state index in [-0.39, 0.29) is 5.84 Å². The molecule has 0 atom stereocenters. The van der Waals surface area contributed by atoms with Crippen LogP contribution < -0.4 is 10.5 Å². The van der Waals surface area contributed by atoms with Crippen molar-refractivity contribution in [3.05, 3.63) is 64.2 Å². The Morgan fingerprint density at radius 2 is 1.90 bits per heavy atom. The highest BCUT2D eigenvalue weighted by Crippen LogP contribution is 2.21. The zero-order valence-electron chi connectivity index (χ0n) is 12.0. The number of hydrogen-bond donors (Lipinski definition) is 2. The van der Waals surface area contributed by atoms with Gasteiger partial charge in [0.2, 0.25) is 0 Å². The summed E-state index contributed by atoms with van der Waals surface area (Å²) in [4.78, 5) is 0. The molecule has 0 aliphatic carbocycles. The lowest BCUT2D eigenvalue weighted by Gasteiger charge is -2.09. The second-order valence-corrected chi connectivity index (χ2v) is 5.31. The first-order chi connectivity index (χ1) is 10.1. The van der Waals surface area contributed by atoms with Crippen molar-refractivity contribution in [3.63, 3.8) is 0 Å². The molecular formula is C17H19ClN2O. The summed E-state index contributed by atoms with van der Waals surface area (Å²) in [5, 5.41) is 7.94. The molecule has 0 radical (unpaired) electrons. The number of aryl methyl sites for hydroxylation is 1. The Morgan fingerprint density at radius 3 is 2.48 bits per heavy atom. The van der Waals surface area contributed by atoms with Crippen molar-refractivity contribution in [2.75, 3.05) is 0 Å². The molecule has 2 aromatic carbocycles. The average Bonchev–Trinajstić information content (AvgIpc) is 2.47. The molecule has 4 heteroatoms. The van der Waals surface area contributed by atoms with Crippen molar-refractivity contribution in [3.8, 4) is 5.75 Å². The fourth-order valence-corrected chi connectivity index (χ4v) is 2.27. The fraction of sp³-hybridized carbons (Fsp3) is 0.235. The first kappa shape index (κ1) is 15.4. The van der Waals surface area contributed by atoms with Crippen molar-refractivity contribution in [2.24, 2.45) is 5.73 Å². The van der Waals surface area contributed by atoms with Crippen LogP contribution in [-0.4, -0.2) is 5.84 Å². The van der Waals surface area contributed by atoms with Crippen LogP contribution in [-0.2, 0) is 13.0 Å². The number of benzene rings is 2. The summed E-state index contributed by atoms with van der Waals surface area (Å²) in [5.41, 5.74) is 8.24. The minimum absolute atomic E-state index is 0.0101. The number of halogens is 1. The first-order valence-corrected chi connectivity index (χ1v) is 7.32. The van der Waals surface area contributed by atoms with Gasteiger partial charge < -0.3 is 10.5 Å². The minimum Gasteiger partial charge on any atom is -0.489 e. The summed E-state index contributed by atoms with van der Waals surface area (Å²) in [6.07, 6.45) is 2.22. The highest BCUT2D eigenvalue weighted by molar-refractivity contribution is 6.31. The van der Waals surface area contributed by atoms with E-state index in [2.05, 4.69) is 19.1 Å².